The van der Waals surface area contributed by atoms with Crippen molar-refractivity contribution in [3.05, 3.63) is 113 Å². The molecule has 0 fully saturated rings. The first kappa shape index (κ1) is 25.1. The van der Waals surface area contributed by atoms with Crippen molar-refractivity contribution in [1.82, 2.24) is 4.90 Å². The number of allylic oxidation sites excluding steroid dienone is 1. The van der Waals surface area contributed by atoms with E-state index in [1.807, 2.05) is 12.1 Å². The summed E-state index contributed by atoms with van der Waals surface area (Å²) in [6, 6.07) is 23.2. The molecule has 0 spiro atoms. The summed E-state index contributed by atoms with van der Waals surface area (Å²) in [7, 11) is 0. The van der Waals surface area contributed by atoms with E-state index in [0.717, 1.165) is 5.56 Å². The number of rotatable bonds is 11. The molecule has 178 valence electrons. The third-order valence-electron chi connectivity index (χ3n) is 5.43. The fourth-order valence-electron chi connectivity index (χ4n) is 3.57. The number of amides is 2. The average Bonchev–Trinajstić information content (AvgIpc) is 2.87. The van der Waals surface area contributed by atoms with E-state index in [2.05, 4.69) is 0 Å². The summed E-state index contributed by atoms with van der Waals surface area (Å²) in [6.07, 6.45) is 2.86. The quantitative estimate of drug-likeness (QED) is 0.325. The van der Waals surface area contributed by atoms with Gasteiger partial charge in [-0.05, 0) is 35.8 Å². The van der Waals surface area contributed by atoms with Crippen LogP contribution >= 0.6 is 0 Å². The Balaban J connectivity index is 1.81. The van der Waals surface area contributed by atoms with Crippen LogP contribution in [-0.2, 0) is 16.1 Å². The van der Waals surface area contributed by atoms with Crippen molar-refractivity contribution in [3.8, 4) is 0 Å². The average molecular weight is 471 g/mol. The van der Waals surface area contributed by atoms with Gasteiger partial charge >= 0.3 is 5.97 Å². The van der Waals surface area contributed by atoms with Crippen LogP contribution in [0.3, 0.4) is 0 Å². The summed E-state index contributed by atoms with van der Waals surface area (Å²) in [5.74, 6) is -2.47. The molecule has 0 unspecified atom stereocenters. The molecule has 0 saturated heterocycles. The van der Waals surface area contributed by atoms with Gasteiger partial charge in [0, 0.05) is 24.1 Å². The summed E-state index contributed by atoms with van der Waals surface area (Å²) in [5, 5.41) is 9.80. The largest absolute Gasteiger partial charge is 0.480 e. The monoisotopic (exact) mass is 470 g/mol. The molecule has 1 atom stereocenters. The molecule has 0 aromatic heterocycles. The second-order valence-electron chi connectivity index (χ2n) is 7.96. The topological polar surface area (TPSA) is 118 Å². The Labute approximate surface area is 203 Å². The predicted molar refractivity (Wildman–Crippen MR) is 132 cm³/mol. The third-order valence-corrected chi connectivity index (χ3v) is 5.43. The maximum absolute atomic E-state index is 13.4. The van der Waals surface area contributed by atoms with E-state index in [1.54, 1.807) is 78.9 Å². The molecule has 3 aromatic carbocycles. The van der Waals surface area contributed by atoms with Gasteiger partial charge in [-0.1, -0.05) is 78.9 Å². The lowest BCUT2D eigenvalue weighted by Crippen LogP contribution is -2.45. The van der Waals surface area contributed by atoms with Gasteiger partial charge in [0.05, 0.1) is 0 Å². The molecular formula is C28H26N2O5. The van der Waals surface area contributed by atoms with Crippen LogP contribution < -0.4 is 5.73 Å². The molecule has 0 radical (unpaired) electrons. The van der Waals surface area contributed by atoms with Crippen LogP contribution in [-0.4, -0.2) is 39.6 Å². The van der Waals surface area contributed by atoms with Crippen LogP contribution in [0.25, 0.3) is 6.08 Å². The van der Waals surface area contributed by atoms with Crippen molar-refractivity contribution >= 4 is 29.6 Å². The highest BCUT2D eigenvalue weighted by molar-refractivity contribution is 6.06. The lowest BCUT2D eigenvalue weighted by Gasteiger charge is -2.29. The van der Waals surface area contributed by atoms with Crippen molar-refractivity contribution in [2.24, 2.45) is 5.73 Å². The minimum absolute atomic E-state index is 0.0582. The van der Waals surface area contributed by atoms with Gasteiger partial charge in [0.2, 0.25) is 5.91 Å². The zero-order valence-corrected chi connectivity index (χ0v) is 19.0. The van der Waals surface area contributed by atoms with Crippen molar-refractivity contribution in [3.63, 3.8) is 0 Å². The zero-order chi connectivity index (χ0) is 25.2. The molecule has 0 aliphatic heterocycles. The maximum atomic E-state index is 13.4. The number of carbonyl (C=O) groups is 4. The summed E-state index contributed by atoms with van der Waals surface area (Å²) in [6.45, 7) is 0.0582. The SMILES string of the molecule is NC(=O)CC[C@@H](C(=O)O)N(Cc1ccccc1)C(=O)c1ccc(/C=C/C(=O)c2ccccc2)cc1. The van der Waals surface area contributed by atoms with E-state index in [0.29, 0.717) is 11.1 Å². The highest BCUT2D eigenvalue weighted by atomic mass is 16.4. The standard InChI is InChI=1S/C28H26N2O5/c29-26(32)18-16-24(28(34)35)30(19-21-7-3-1-4-8-21)27(33)23-14-11-20(12-15-23)13-17-25(31)22-9-5-2-6-10-22/h1-15,17,24H,16,18-19H2,(H2,29,32)(H,34,35)/b17-13+/t24-/m0/s1. The molecule has 2 amide bonds. The van der Waals surface area contributed by atoms with E-state index in [-0.39, 0.29) is 30.7 Å². The van der Waals surface area contributed by atoms with Crippen molar-refractivity contribution < 1.29 is 24.3 Å². The van der Waals surface area contributed by atoms with Crippen molar-refractivity contribution in [1.29, 1.82) is 0 Å². The first-order valence-corrected chi connectivity index (χ1v) is 11.1. The molecule has 3 N–H and O–H groups in total. The lowest BCUT2D eigenvalue weighted by atomic mass is 10.0. The van der Waals surface area contributed by atoms with Crippen LogP contribution in [0.1, 0.15) is 44.7 Å². The number of hydrogen-bond donors (Lipinski definition) is 2. The highest BCUT2D eigenvalue weighted by Crippen LogP contribution is 2.18. The maximum Gasteiger partial charge on any atom is 0.326 e. The Morgan fingerprint density at radius 1 is 0.829 bits per heavy atom. The van der Waals surface area contributed by atoms with Crippen LogP contribution in [0, 0.1) is 0 Å². The normalized spacial score (nSPS) is 11.7. The van der Waals surface area contributed by atoms with Gasteiger partial charge in [-0.2, -0.15) is 0 Å². The van der Waals surface area contributed by atoms with Crippen molar-refractivity contribution in [2.45, 2.75) is 25.4 Å². The number of benzene rings is 3. The smallest absolute Gasteiger partial charge is 0.326 e. The van der Waals surface area contributed by atoms with Crippen LogP contribution in [0.15, 0.2) is 91.0 Å². The van der Waals surface area contributed by atoms with E-state index < -0.39 is 23.8 Å². The molecule has 35 heavy (non-hydrogen) atoms. The van der Waals surface area contributed by atoms with E-state index in [4.69, 9.17) is 5.73 Å². The Hall–Kier alpha value is -4.52. The highest BCUT2D eigenvalue weighted by Gasteiger charge is 2.30. The van der Waals surface area contributed by atoms with Gasteiger partial charge in [-0.3, -0.25) is 14.4 Å². The van der Waals surface area contributed by atoms with Gasteiger partial charge in [-0.15, -0.1) is 0 Å². The van der Waals surface area contributed by atoms with Crippen LogP contribution in [0.5, 0.6) is 0 Å². The van der Waals surface area contributed by atoms with Crippen LogP contribution in [0.2, 0.25) is 0 Å². The Bertz CT molecular complexity index is 1210. The van der Waals surface area contributed by atoms with Gasteiger partial charge < -0.3 is 15.7 Å². The van der Waals surface area contributed by atoms with Gasteiger partial charge in [-0.25, -0.2) is 4.79 Å². The molecule has 0 aliphatic carbocycles. The zero-order valence-electron chi connectivity index (χ0n) is 19.0. The molecule has 7 nitrogen and oxygen atoms in total. The number of carbonyl (C=O) groups excluding carboxylic acids is 3. The summed E-state index contributed by atoms with van der Waals surface area (Å²) >= 11 is 0. The molecule has 0 bridgehead atoms. The Kier molecular flexibility index (Phi) is 8.67. The molecular weight excluding hydrogens is 444 g/mol. The first-order valence-electron chi connectivity index (χ1n) is 11.1. The summed E-state index contributed by atoms with van der Waals surface area (Å²) in [5.41, 5.74) is 7.55. The Morgan fingerprint density at radius 2 is 1.43 bits per heavy atom. The van der Waals surface area contributed by atoms with E-state index in [1.165, 1.54) is 11.0 Å². The van der Waals surface area contributed by atoms with Gasteiger partial charge in [0.25, 0.3) is 5.91 Å². The van der Waals surface area contributed by atoms with E-state index in [9.17, 15) is 24.3 Å². The number of hydrogen-bond acceptors (Lipinski definition) is 4. The summed E-state index contributed by atoms with van der Waals surface area (Å²) in [4.78, 5) is 50.2. The van der Waals surface area contributed by atoms with Crippen LogP contribution in [0.4, 0.5) is 0 Å². The van der Waals surface area contributed by atoms with Gasteiger partial charge in [0.15, 0.2) is 5.78 Å². The third kappa shape index (κ3) is 7.23. The Morgan fingerprint density at radius 3 is 2.00 bits per heavy atom. The van der Waals surface area contributed by atoms with E-state index >= 15 is 0 Å². The fraction of sp³-hybridized carbons (Fsp3) is 0.143. The number of primary amides is 1. The number of nitrogens with two attached hydrogens (primary N) is 1. The minimum Gasteiger partial charge on any atom is -0.480 e. The summed E-state index contributed by atoms with van der Waals surface area (Å²) < 4.78 is 0. The number of ketones is 1. The lowest BCUT2D eigenvalue weighted by molar-refractivity contribution is -0.143. The number of carboxylic acids is 1. The van der Waals surface area contributed by atoms with Gasteiger partial charge in [0.1, 0.15) is 6.04 Å². The minimum atomic E-state index is -1.22. The molecule has 0 saturated carbocycles. The number of carboxylic acid groups (broad SMARTS) is 1. The van der Waals surface area contributed by atoms with Crippen molar-refractivity contribution in [2.75, 3.05) is 0 Å². The first-order chi connectivity index (χ1) is 16.8. The number of aliphatic carboxylic acids is 1. The molecule has 3 aromatic rings. The molecule has 7 heteroatoms. The predicted octanol–water partition coefficient (Wildman–Crippen LogP) is 3.94. The second-order valence-corrected chi connectivity index (χ2v) is 7.96. The second kappa shape index (κ2) is 12.1. The molecule has 0 aliphatic rings. The molecule has 0 heterocycles. The fourth-order valence-corrected chi connectivity index (χ4v) is 3.57. The molecule has 3 rings (SSSR count). The number of nitrogens with zero attached hydrogens (tertiary/aromatic N) is 1.